The zero-order valence-corrected chi connectivity index (χ0v) is 9.50. The van der Waals surface area contributed by atoms with Gasteiger partial charge in [-0.15, -0.1) is 0 Å². The van der Waals surface area contributed by atoms with Crippen LogP contribution in [0.2, 0.25) is 0 Å². The Bertz CT molecular complexity index is 396. The summed E-state index contributed by atoms with van der Waals surface area (Å²) < 4.78 is 10.9. The molecule has 0 aromatic heterocycles. The molecule has 1 spiro atoms. The molecule has 0 bridgehead atoms. The predicted octanol–water partition coefficient (Wildman–Crippen LogP) is 1.43. The Morgan fingerprint density at radius 1 is 1.44 bits per heavy atom. The molecule has 1 unspecified atom stereocenters. The van der Waals surface area contributed by atoms with Crippen molar-refractivity contribution in [2.75, 3.05) is 13.2 Å². The van der Waals surface area contributed by atoms with Gasteiger partial charge in [0, 0.05) is 25.5 Å². The average molecular weight is 242 g/mol. The van der Waals surface area contributed by atoms with E-state index in [9.17, 15) is 4.79 Å². The van der Waals surface area contributed by atoms with Crippen molar-refractivity contribution in [2.24, 2.45) is 4.99 Å². The molecule has 0 aromatic carbocycles. The second kappa shape index (κ2) is 3.57. The zero-order valence-electron chi connectivity index (χ0n) is 8.74. The van der Waals surface area contributed by atoms with Crippen LogP contribution in [0.15, 0.2) is 16.1 Å². The Morgan fingerprint density at radius 3 is 2.94 bits per heavy atom. The maximum Gasteiger partial charge on any atom is 0.340 e. The van der Waals surface area contributed by atoms with Gasteiger partial charge < -0.3 is 9.47 Å². The van der Waals surface area contributed by atoms with Crippen molar-refractivity contribution in [1.29, 1.82) is 0 Å². The lowest BCUT2D eigenvalue weighted by Crippen LogP contribution is -2.39. The van der Waals surface area contributed by atoms with Crippen LogP contribution in [0.4, 0.5) is 0 Å². The molecule has 0 N–H and O–H groups in total. The quantitative estimate of drug-likeness (QED) is 0.366. The Balaban J connectivity index is 2.00. The van der Waals surface area contributed by atoms with Gasteiger partial charge in [0.25, 0.3) is 0 Å². The molecule has 3 rings (SSSR count). The number of rotatable bonds is 0. The molecule has 5 heteroatoms. The van der Waals surface area contributed by atoms with Gasteiger partial charge in [0.1, 0.15) is 11.1 Å². The van der Waals surface area contributed by atoms with Gasteiger partial charge in [-0.25, -0.2) is 4.79 Å². The van der Waals surface area contributed by atoms with E-state index in [1.807, 2.05) is 0 Å². The number of halogens is 1. The number of aliphatic imine (C=N–C) groups is 1. The Morgan fingerprint density at radius 2 is 2.19 bits per heavy atom. The number of fused-ring (bicyclic) bond motifs is 1. The lowest BCUT2D eigenvalue weighted by atomic mass is 9.82. The first kappa shape index (κ1) is 10.3. The first-order valence-corrected chi connectivity index (χ1v) is 5.87. The highest BCUT2D eigenvalue weighted by atomic mass is 35.5. The van der Waals surface area contributed by atoms with Crippen LogP contribution in [0.1, 0.15) is 19.3 Å². The van der Waals surface area contributed by atoms with Crippen LogP contribution in [-0.2, 0) is 14.3 Å². The van der Waals surface area contributed by atoms with E-state index in [0.717, 1.165) is 18.4 Å². The fourth-order valence-electron chi connectivity index (χ4n) is 2.57. The summed E-state index contributed by atoms with van der Waals surface area (Å²) in [6.45, 7) is 1.27. The SMILES string of the molecule is O=C1OC2(CCOCC2)C2=C1C=NC(Cl)C2. The molecule has 1 fully saturated rings. The van der Waals surface area contributed by atoms with E-state index in [4.69, 9.17) is 21.1 Å². The van der Waals surface area contributed by atoms with Crippen LogP contribution in [-0.4, -0.2) is 36.5 Å². The standard InChI is InChI=1S/C11H12ClNO3/c12-9-5-8-7(6-13-9)10(14)16-11(8)1-3-15-4-2-11/h6,9H,1-5H2. The Labute approximate surface area is 98.3 Å². The lowest BCUT2D eigenvalue weighted by molar-refractivity contribution is -0.153. The van der Waals surface area contributed by atoms with Crippen LogP contribution in [0.3, 0.4) is 0 Å². The fourth-order valence-corrected chi connectivity index (χ4v) is 2.78. The summed E-state index contributed by atoms with van der Waals surface area (Å²) >= 11 is 6.00. The van der Waals surface area contributed by atoms with Crippen molar-refractivity contribution in [1.82, 2.24) is 0 Å². The van der Waals surface area contributed by atoms with Crippen molar-refractivity contribution in [2.45, 2.75) is 30.4 Å². The smallest absolute Gasteiger partial charge is 0.340 e. The van der Waals surface area contributed by atoms with E-state index < -0.39 is 5.60 Å². The van der Waals surface area contributed by atoms with E-state index in [1.165, 1.54) is 0 Å². The highest BCUT2D eigenvalue weighted by Gasteiger charge is 2.49. The second-order valence-corrected chi connectivity index (χ2v) is 4.81. The first-order chi connectivity index (χ1) is 7.71. The zero-order chi connectivity index (χ0) is 11.2. The number of alkyl halides is 1. The van der Waals surface area contributed by atoms with E-state index in [2.05, 4.69) is 4.99 Å². The summed E-state index contributed by atoms with van der Waals surface area (Å²) in [5, 5.41) is 0. The highest BCUT2D eigenvalue weighted by Crippen LogP contribution is 2.44. The van der Waals surface area contributed by atoms with Crippen LogP contribution in [0.25, 0.3) is 0 Å². The summed E-state index contributed by atoms with van der Waals surface area (Å²) in [6, 6.07) is 0. The number of dihydropyridines is 1. The Kier molecular flexibility index (Phi) is 2.30. The molecule has 3 aliphatic rings. The second-order valence-electron chi connectivity index (χ2n) is 4.31. The van der Waals surface area contributed by atoms with Gasteiger partial charge in [-0.3, -0.25) is 4.99 Å². The highest BCUT2D eigenvalue weighted by molar-refractivity contribution is 6.23. The molecule has 1 saturated heterocycles. The summed E-state index contributed by atoms with van der Waals surface area (Å²) in [6.07, 6.45) is 3.63. The van der Waals surface area contributed by atoms with Crippen molar-refractivity contribution in [3.8, 4) is 0 Å². The van der Waals surface area contributed by atoms with Gasteiger partial charge in [0.2, 0.25) is 0 Å². The summed E-state index contributed by atoms with van der Waals surface area (Å²) in [5.41, 5.74) is 0.909. The number of hydrogen-bond acceptors (Lipinski definition) is 4. The fraction of sp³-hybridized carbons (Fsp3) is 0.636. The maximum atomic E-state index is 11.7. The molecule has 1 atom stereocenters. The lowest BCUT2D eigenvalue weighted by Gasteiger charge is -2.35. The van der Waals surface area contributed by atoms with Crippen molar-refractivity contribution >= 4 is 23.8 Å². The number of nitrogens with zero attached hydrogens (tertiary/aromatic N) is 1. The minimum Gasteiger partial charge on any atom is -0.451 e. The van der Waals surface area contributed by atoms with E-state index in [0.29, 0.717) is 25.2 Å². The molecule has 0 radical (unpaired) electrons. The van der Waals surface area contributed by atoms with Crippen molar-refractivity contribution in [3.63, 3.8) is 0 Å². The summed E-state index contributed by atoms with van der Waals surface area (Å²) in [5.74, 6) is -0.260. The van der Waals surface area contributed by atoms with Crippen LogP contribution < -0.4 is 0 Å². The number of carbonyl (C=O) groups excluding carboxylic acids is 1. The largest absolute Gasteiger partial charge is 0.451 e. The molecule has 3 aliphatic heterocycles. The van der Waals surface area contributed by atoms with Crippen LogP contribution >= 0.6 is 11.6 Å². The number of ether oxygens (including phenoxy) is 2. The van der Waals surface area contributed by atoms with E-state index >= 15 is 0 Å². The molecule has 0 aromatic rings. The van der Waals surface area contributed by atoms with Gasteiger partial charge >= 0.3 is 5.97 Å². The normalized spacial score (nSPS) is 31.8. The molecule has 16 heavy (non-hydrogen) atoms. The van der Waals surface area contributed by atoms with Gasteiger partial charge in [-0.1, -0.05) is 11.6 Å². The minimum absolute atomic E-state index is 0.260. The van der Waals surface area contributed by atoms with E-state index in [-0.39, 0.29) is 11.5 Å². The summed E-state index contributed by atoms with van der Waals surface area (Å²) in [7, 11) is 0. The van der Waals surface area contributed by atoms with Gasteiger partial charge in [0.05, 0.1) is 18.8 Å². The average Bonchev–Trinajstić information content (AvgIpc) is 2.53. The van der Waals surface area contributed by atoms with Gasteiger partial charge in [-0.2, -0.15) is 0 Å². The van der Waals surface area contributed by atoms with Crippen LogP contribution in [0, 0.1) is 0 Å². The molecule has 3 heterocycles. The molecule has 0 amide bonds. The predicted molar refractivity (Wildman–Crippen MR) is 58.7 cm³/mol. The van der Waals surface area contributed by atoms with Gasteiger partial charge in [0.15, 0.2) is 0 Å². The molecule has 0 saturated carbocycles. The third-order valence-electron chi connectivity index (χ3n) is 3.42. The maximum absolute atomic E-state index is 11.7. The molecule has 0 aliphatic carbocycles. The molecule has 4 nitrogen and oxygen atoms in total. The third-order valence-corrected chi connectivity index (χ3v) is 3.69. The Hall–Kier alpha value is -0.870. The van der Waals surface area contributed by atoms with Crippen molar-refractivity contribution in [3.05, 3.63) is 11.1 Å². The molecular weight excluding hydrogens is 230 g/mol. The van der Waals surface area contributed by atoms with E-state index in [1.54, 1.807) is 6.21 Å². The number of carbonyl (C=O) groups is 1. The number of hydrogen-bond donors (Lipinski definition) is 0. The molecule has 86 valence electrons. The number of esters is 1. The van der Waals surface area contributed by atoms with Crippen LogP contribution in [0.5, 0.6) is 0 Å². The topological polar surface area (TPSA) is 47.9 Å². The first-order valence-electron chi connectivity index (χ1n) is 5.43. The van der Waals surface area contributed by atoms with Gasteiger partial charge in [-0.05, 0) is 5.57 Å². The molecular formula is C11H12ClNO3. The summed E-state index contributed by atoms with van der Waals surface area (Å²) in [4.78, 5) is 15.8. The van der Waals surface area contributed by atoms with Crippen molar-refractivity contribution < 1.29 is 14.3 Å². The third kappa shape index (κ3) is 1.40. The monoisotopic (exact) mass is 241 g/mol. The minimum atomic E-state index is -0.454.